The van der Waals surface area contributed by atoms with E-state index in [4.69, 9.17) is 21.3 Å². The summed E-state index contributed by atoms with van der Waals surface area (Å²) in [5.41, 5.74) is 0.676. The molecular formula is C17H9N3O3S. The quantitative estimate of drug-likeness (QED) is 0.484. The predicted molar refractivity (Wildman–Crippen MR) is 86.2 cm³/mol. The van der Waals surface area contributed by atoms with Gasteiger partial charge in [-0.15, -0.1) is 0 Å². The first-order chi connectivity index (χ1) is 11.5. The van der Waals surface area contributed by atoms with Crippen LogP contribution in [-0.2, 0) is 10.1 Å². The summed E-state index contributed by atoms with van der Waals surface area (Å²) < 4.78 is 29.5. The number of nitrogens with zero attached hydrogens (tertiary/aromatic N) is 3. The first kappa shape index (κ1) is 16.8. The molecule has 0 aromatic heterocycles. The standard InChI is InChI=1S/C17H9N3O3S/c1-20-15-5-7-17(8-6-15)24(21,22)23-16-4-2-3-13(10-16)9-14(11-18)12-19/h2-10H. The lowest BCUT2D eigenvalue weighted by Gasteiger charge is -2.07. The van der Waals surface area contributed by atoms with Crippen LogP contribution >= 0.6 is 0 Å². The summed E-state index contributed by atoms with van der Waals surface area (Å²) in [6.07, 6.45) is 1.32. The van der Waals surface area contributed by atoms with Gasteiger partial charge in [0.2, 0.25) is 0 Å². The molecule has 0 saturated carbocycles. The molecule has 2 aromatic carbocycles. The third-order valence-electron chi connectivity index (χ3n) is 2.87. The van der Waals surface area contributed by atoms with Crippen LogP contribution in [0.25, 0.3) is 10.9 Å². The Hall–Kier alpha value is -3.60. The number of nitriles is 2. The normalized spacial score (nSPS) is 9.88. The van der Waals surface area contributed by atoms with E-state index in [2.05, 4.69) is 4.85 Å². The fourth-order valence-corrected chi connectivity index (χ4v) is 2.70. The Morgan fingerprint density at radius 1 is 1.12 bits per heavy atom. The Kier molecular flexibility index (Phi) is 4.96. The van der Waals surface area contributed by atoms with E-state index in [0.717, 1.165) is 0 Å². The molecule has 0 N–H and O–H groups in total. The Bertz CT molecular complexity index is 1000. The predicted octanol–water partition coefficient (Wildman–Crippen LogP) is 3.44. The lowest BCUT2D eigenvalue weighted by Crippen LogP contribution is -2.09. The highest BCUT2D eigenvalue weighted by Gasteiger charge is 2.16. The highest BCUT2D eigenvalue weighted by molar-refractivity contribution is 7.87. The van der Waals surface area contributed by atoms with Gasteiger partial charge in [0.15, 0.2) is 5.69 Å². The average molecular weight is 335 g/mol. The molecule has 0 fully saturated rings. The van der Waals surface area contributed by atoms with Crippen molar-refractivity contribution in [1.29, 1.82) is 10.5 Å². The zero-order valence-corrected chi connectivity index (χ0v) is 13.0. The van der Waals surface area contributed by atoms with Crippen LogP contribution in [-0.4, -0.2) is 8.42 Å². The van der Waals surface area contributed by atoms with Crippen molar-refractivity contribution in [3.05, 3.63) is 71.1 Å². The number of allylic oxidation sites excluding steroid dienone is 1. The summed E-state index contributed by atoms with van der Waals surface area (Å²) in [7, 11) is -4.05. The molecule has 116 valence electrons. The van der Waals surface area contributed by atoms with E-state index < -0.39 is 10.1 Å². The van der Waals surface area contributed by atoms with E-state index in [1.54, 1.807) is 24.3 Å². The monoisotopic (exact) mass is 335 g/mol. The van der Waals surface area contributed by atoms with E-state index >= 15 is 0 Å². The van der Waals surface area contributed by atoms with Crippen LogP contribution in [0.4, 0.5) is 5.69 Å². The highest BCUT2D eigenvalue weighted by atomic mass is 32.2. The third-order valence-corrected chi connectivity index (χ3v) is 4.13. The van der Waals surface area contributed by atoms with Gasteiger partial charge in [0.25, 0.3) is 0 Å². The fraction of sp³-hybridized carbons (Fsp3) is 0. The van der Waals surface area contributed by atoms with Gasteiger partial charge in [0.1, 0.15) is 28.4 Å². The maximum Gasteiger partial charge on any atom is 0.339 e. The van der Waals surface area contributed by atoms with Gasteiger partial charge in [0.05, 0.1) is 6.57 Å². The van der Waals surface area contributed by atoms with E-state index in [0.29, 0.717) is 11.3 Å². The molecule has 0 aliphatic rings. The zero-order chi connectivity index (χ0) is 17.6. The van der Waals surface area contributed by atoms with Gasteiger partial charge in [0, 0.05) is 0 Å². The van der Waals surface area contributed by atoms with Crippen LogP contribution in [0.3, 0.4) is 0 Å². The van der Waals surface area contributed by atoms with E-state index in [9.17, 15) is 8.42 Å². The minimum atomic E-state index is -4.05. The minimum Gasteiger partial charge on any atom is -0.379 e. The molecule has 0 atom stereocenters. The molecular weight excluding hydrogens is 326 g/mol. The zero-order valence-electron chi connectivity index (χ0n) is 12.2. The smallest absolute Gasteiger partial charge is 0.339 e. The van der Waals surface area contributed by atoms with Gasteiger partial charge in [-0.1, -0.05) is 36.4 Å². The number of hydrogen-bond donors (Lipinski definition) is 0. The van der Waals surface area contributed by atoms with Crippen LogP contribution in [0.1, 0.15) is 5.56 Å². The molecule has 0 saturated heterocycles. The van der Waals surface area contributed by atoms with Gasteiger partial charge >= 0.3 is 10.1 Å². The molecule has 2 rings (SSSR count). The van der Waals surface area contributed by atoms with Crippen molar-refractivity contribution in [2.75, 3.05) is 0 Å². The fourth-order valence-electron chi connectivity index (χ4n) is 1.77. The van der Waals surface area contributed by atoms with E-state index in [1.807, 2.05) is 0 Å². The first-order valence-corrected chi connectivity index (χ1v) is 7.93. The second-order valence-corrected chi connectivity index (χ2v) is 6.04. The van der Waals surface area contributed by atoms with Crippen LogP contribution in [0.5, 0.6) is 5.75 Å². The van der Waals surface area contributed by atoms with Crippen molar-refractivity contribution in [2.45, 2.75) is 4.90 Å². The molecule has 0 unspecified atom stereocenters. The van der Waals surface area contributed by atoms with Gasteiger partial charge in [-0.2, -0.15) is 18.9 Å². The molecule has 0 radical (unpaired) electrons. The molecule has 6 nitrogen and oxygen atoms in total. The Balaban J connectivity index is 2.30. The molecule has 0 bridgehead atoms. The van der Waals surface area contributed by atoms with Gasteiger partial charge < -0.3 is 4.18 Å². The average Bonchev–Trinajstić information content (AvgIpc) is 2.59. The van der Waals surface area contributed by atoms with Crippen LogP contribution in [0.15, 0.2) is 59.0 Å². The largest absolute Gasteiger partial charge is 0.379 e. The van der Waals surface area contributed by atoms with Crippen molar-refractivity contribution in [3.8, 4) is 17.9 Å². The molecule has 0 aliphatic carbocycles. The lowest BCUT2D eigenvalue weighted by molar-refractivity contribution is 0.486. The summed E-state index contributed by atoms with van der Waals surface area (Å²) in [6.45, 7) is 6.85. The summed E-state index contributed by atoms with van der Waals surface area (Å²) >= 11 is 0. The minimum absolute atomic E-state index is 0.0493. The van der Waals surface area contributed by atoms with Gasteiger partial charge in [-0.25, -0.2) is 4.85 Å². The Morgan fingerprint density at radius 3 is 2.38 bits per heavy atom. The maximum absolute atomic E-state index is 12.2. The van der Waals surface area contributed by atoms with Crippen LogP contribution < -0.4 is 4.18 Å². The van der Waals surface area contributed by atoms with Crippen LogP contribution in [0, 0.1) is 29.2 Å². The molecule has 2 aromatic rings. The summed E-state index contributed by atoms with van der Waals surface area (Å²) in [4.78, 5) is 3.11. The van der Waals surface area contributed by atoms with Crippen LogP contribution in [0.2, 0.25) is 0 Å². The summed E-state index contributed by atoms with van der Waals surface area (Å²) in [5.74, 6) is 0.0493. The SMILES string of the molecule is [C-]#[N+]c1ccc(S(=O)(=O)Oc2cccc(C=C(C#N)C#N)c2)cc1. The van der Waals surface area contributed by atoms with E-state index in [1.165, 1.54) is 42.5 Å². The van der Waals surface area contributed by atoms with Crippen molar-refractivity contribution >= 4 is 21.9 Å². The highest BCUT2D eigenvalue weighted by Crippen LogP contribution is 2.22. The second kappa shape index (κ2) is 7.11. The summed E-state index contributed by atoms with van der Waals surface area (Å²) in [6, 6.07) is 14.8. The van der Waals surface area contributed by atoms with Gasteiger partial charge in [-0.3, -0.25) is 0 Å². The maximum atomic E-state index is 12.2. The molecule has 0 amide bonds. The van der Waals surface area contributed by atoms with Crippen molar-refractivity contribution in [2.24, 2.45) is 0 Å². The molecule has 0 heterocycles. The molecule has 7 heteroatoms. The third kappa shape index (κ3) is 3.98. The molecule has 0 aliphatic heterocycles. The molecule has 0 spiro atoms. The summed E-state index contributed by atoms with van der Waals surface area (Å²) in [5, 5.41) is 17.5. The lowest BCUT2D eigenvalue weighted by atomic mass is 10.1. The van der Waals surface area contributed by atoms with E-state index in [-0.39, 0.29) is 16.2 Å². The topological polar surface area (TPSA) is 95.3 Å². The molecule has 24 heavy (non-hydrogen) atoms. The van der Waals surface area contributed by atoms with Crippen molar-refractivity contribution in [1.82, 2.24) is 0 Å². The van der Waals surface area contributed by atoms with Crippen molar-refractivity contribution in [3.63, 3.8) is 0 Å². The second-order valence-electron chi connectivity index (χ2n) is 4.50. The number of hydrogen-bond acceptors (Lipinski definition) is 5. The van der Waals surface area contributed by atoms with Gasteiger partial charge in [-0.05, 0) is 23.8 Å². The van der Waals surface area contributed by atoms with Crippen molar-refractivity contribution < 1.29 is 12.6 Å². The number of rotatable bonds is 4. The Labute approximate surface area is 139 Å². The first-order valence-electron chi connectivity index (χ1n) is 6.52. The Morgan fingerprint density at radius 2 is 1.79 bits per heavy atom. The number of benzene rings is 2.